The van der Waals surface area contributed by atoms with Crippen molar-refractivity contribution >= 4 is 11.3 Å². The maximum Gasteiger partial charge on any atom is 0.200 e. The molecule has 24 heavy (non-hydrogen) atoms. The molecule has 1 N–H and O–H groups in total. The molecule has 0 saturated carbocycles. The van der Waals surface area contributed by atoms with Gasteiger partial charge in [-0.1, -0.05) is 18.9 Å². The maximum absolute atomic E-state index is 10.1. The molecule has 0 aliphatic carbocycles. The van der Waals surface area contributed by atoms with E-state index >= 15 is 0 Å². The van der Waals surface area contributed by atoms with Crippen LogP contribution in [-0.4, -0.2) is 30.8 Å². The quantitative estimate of drug-likeness (QED) is 0.859. The van der Waals surface area contributed by atoms with Crippen LogP contribution in [0.4, 0.5) is 0 Å². The minimum atomic E-state index is 0.0643. The van der Waals surface area contributed by atoms with Gasteiger partial charge in [0, 0.05) is 17.5 Å². The summed E-state index contributed by atoms with van der Waals surface area (Å²) in [5, 5.41) is 12.3. The number of phenolic OH excluding ortho intramolecular Hbond substituents is 1. The lowest BCUT2D eigenvalue weighted by Crippen LogP contribution is -2.27. The van der Waals surface area contributed by atoms with Crippen LogP contribution in [0.25, 0.3) is 0 Å². The van der Waals surface area contributed by atoms with E-state index in [1.165, 1.54) is 30.6 Å². The smallest absolute Gasteiger partial charge is 0.200 e. The molecule has 0 amide bonds. The van der Waals surface area contributed by atoms with Crippen molar-refractivity contribution in [2.75, 3.05) is 20.8 Å². The molecule has 130 valence electrons. The van der Waals surface area contributed by atoms with Crippen molar-refractivity contribution in [2.45, 2.75) is 38.3 Å². The fraction of sp³-hybridized carbons (Fsp3) is 0.474. The topological polar surface area (TPSA) is 41.9 Å². The van der Waals surface area contributed by atoms with E-state index in [0.29, 0.717) is 17.5 Å². The third-order valence-electron chi connectivity index (χ3n) is 4.66. The molecule has 2 aromatic rings. The molecule has 1 aliphatic heterocycles. The summed E-state index contributed by atoms with van der Waals surface area (Å²) in [6.45, 7) is 1.92. The van der Waals surface area contributed by atoms with E-state index in [2.05, 4.69) is 22.4 Å². The van der Waals surface area contributed by atoms with Crippen LogP contribution in [0.5, 0.6) is 17.2 Å². The monoisotopic (exact) mass is 347 g/mol. The van der Waals surface area contributed by atoms with Gasteiger partial charge < -0.3 is 14.6 Å². The van der Waals surface area contributed by atoms with Crippen molar-refractivity contribution in [3.05, 3.63) is 40.1 Å². The zero-order valence-electron chi connectivity index (χ0n) is 14.3. The summed E-state index contributed by atoms with van der Waals surface area (Å²) < 4.78 is 10.6. The van der Waals surface area contributed by atoms with Crippen LogP contribution in [0, 0.1) is 0 Å². The summed E-state index contributed by atoms with van der Waals surface area (Å²) in [4.78, 5) is 3.99. The Morgan fingerprint density at radius 1 is 1.17 bits per heavy atom. The van der Waals surface area contributed by atoms with Gasteiger partial charge >= 0.3 is 0 Å². The molecule has 0 unspecified atom stereocenters. The predicted molar refractivity (Wildman–Crippen MR) is 97.1 cm³/mol. The number of ether oxygens (including phenoxy) is 2. The molecule has 0 bridgehead atoms. The molecular weight excluding hydrogens is 322 g/mol. The summed E-state index contributed by atoms with van der Waals surface area (Å²) in [5.41, 5.74) is 1.10. The summed E-state index contributed by atoms with van der Waals surface area (Å²) in [6, 6.07) is 8.67. The van der Waals surface area contributed by atoms with Crippen molar-refractivity contribution < 1.29 is 14.6 Å². The second-order valence-corrected chi connectivity index (χ2v) is 7.18. The van der Waals surface area contributed by atoms with Gasteiger partial charge in [0.15, 0.2) is 11.5 Å². The zero-order chi connectivity index (χ0) is 16.9. The van der Waals surface area contributed by atoms with Gasteiger partial charge in [-0.15, -0.1) is 11.3 Å². The standard InChI is InChI=1S/C19H25NO3S/c1-22-16-11-14(12-17(23-2)19(16)21)13-20-9-5-3-4-7-15(20)18-8-6-10-24-18/h6,8,10-12,15,21H,3-5,7,9,13H2,1-2H3/t15-/m1/s1. The van der Waals surface area contributed by atoms with Gasteiger partial charge in [0.1, 0.15) is 0 Å². The number of hydrogen-bond acceptors (Lipinski definition) is 5. The first kappa shape index (κ1) is 17.1. The summed E-state index contributed by atoms with van der Waals surface area (Å²) in [6.07, 6.45) is 5.00. The molecule has 1 saturated heterocycles. The fourth-order valence-electron chi connectivity index (χ4n) is 3.43. The SMILES string of the molecule is COc1cc(CN2CCCCC[C@@H]2c2cccs2)cc(OC)c1O. The molecule has 0 spiro atoms. The number of nitrogens with zero attached hydrogens (tertiary/aromatic N) is 1. The van der Waals surface area contributed by atoms with Crippen LogP contribution in [0.1, 0.15) is 42.2 Å². The Morgan fingerprint density at radius 2 is 1.92 bits per heavy atom. The highest BCUT2D eigenvalue weighted by Gasteiger charge is 2.24. The van der Waals surface area contributed by atoms with Gasteiger partial charge in [-0.05, 0) is 48.5 Å². The molecule has 3 rings (SSSR count). The number of benzene rings is 1. The molecule has 5 heteroatoms. The number of phenols is 1. The number of hydrogen-bond donors (Lipinski definition) is 1. The lowest BCUT2D eigenvalue weighted by Gasteiger charge is -2.29. The first-order valence-electron chi connectivity index (χ1n) is 8.44. The van der Waals surface area contributed by atoms with E-state index in [1.54, 1.807) is 14.2 Å². The molecule has 2 heterocycles. The highest BCUT2D eigenvalue weighted by atomic mass is 32.1. The third-order valence-corrected chi connectivity index (χ3v) is 5.63. The van der Waals surface area contributed by atoms with Gasteiger partial charge in [0.2, 0.25) is 5.75 Å². The van der Waals surface area contributed by atoms with Crippen molar-refractivity contribution in [1.82, 2.24) is 4.90 Å². The highest BCUT2D eigenvalue weighted by molar-refractivity contribution is 7.10. The number of likely N-dealkylation sites (tertiary alicyclic amines) is 1. The molecule has 4 nitrogen and oxygen atoms in total. The number of aromatic hydroxyl groups is 1. The normalized spacial score (nSPS) is 19.0. The Labute approximate surface area is 147 Å². The highest BCUT2D eigenvalue weighted by Crippen LogP contribution is 2.39. The maximum atomic E-state index is 10.1. The number of methoxy groups -OCH3 is 2. The Hall–Kier alpha value is -1.72. The van der Waals surface area contributed by atoms with Crippen LogP contribution in [0.2, 0.25) is 0 Å². The van der Waals surface area contributed by atoms with E-state index < -0.39 is 0 Å². The average molecular weight is 347 g/mol. The first-order chi connectivity index (χ1) is 11.7. The van der Waals surface area contributed by atoms with Gasteiger partial charge in [-0.2, -0.15) is 0 Å². The Kier molecular flexibility index (Phi) is 5.63. The Balaban J connectivity index is 1.87. The zero-order valence-corrected chi connectivity index (χ0v) is 15.1. The van der Waals surface area contributed by atoms with Crippen LogP contribution in [0.15, 0.2) is 29.6 Å². The van der Waals surface area contributed by atoms with Gasteiger partial charge in [0.05, 0.1) is 14.2 Å². The van der Waals surface area contributed by atoms with Crippen LogP contribution < -0.4 is 9.47 Å². The largest absolute Gasteiger partial charge is 0.502 e. The van der Waals surface area contributed by atoms with E-state index in [9.17, 15) is 5.11 Å². The second-order valence-electron chi connectivity index (χ2n) is 6.20. The molecule has 1 fully saturated rings. The van der Waals surface area contributed by atoms with Crippen molar-refractivity contribution in [2.24, 2.45) is 0 Å². The van der Waals surface area contributed by atoms with Crippen molar-refractivity contribution in [3.63, 3.8) is 0 Å². The van der Waals surface area contributed by atoms with E-state index in [-0.39, 0.29) is 5.75 Å². The first-order valence-corrected chi connectivity index (χ1v) is 9.32. The second kappa shape index (κ2) is 7.90. The van der Waals surface area contributed by atoms with Gasteiger partial charge in [-0.3, -0.25) is 4.90 Å². The van der Waals surface area contributed by atoms with Crippen molar-refractivity contribution in [1.29, 1.82) is 0 Å². The lowest BCUT2D eigenvalue weighted by atomic mass is 10.1. The molecule has 1 aromatic carbocycles. The van der Waals surface area contributed by atoms with Gasteiger partial charge in [0.25, 0.3) is 0 Å². The Bertz CT molecular complexity index is 632. The van der Waals surface area contributed by atoms with Gasteiger partial charge in [-0.25, -0.2) is 0 Å². The van der Waals surface area contributed by atoms with E-state index in [0.717, 1.165) is 18.7 Å². The molecule has 1 atom stereocenters. The van der Waals surface area contributed by atoms with E-state index in [1.807, 2.05) is 23.5 Å². The molecule has 1 aromatic heterocycles. The minimum Gasteiger partial charge on any atom is -0.502 e. The van der Waals surface area contributed by atoms with Crippen LogP contribution >= 0.6 is 11.3 Å². The van der Waals surface area contributed by atoms with E-state index in [4.69, 9.17) is 9.47 Å². The predicted octanol–water partition coefficient (Wildman–Crippen LogP) is 4.59. The summed E-state index contributed by atoms with van der Waals surface area (Å²) in [5.74, 6) is 0.994. The third kappa shape index (κ3) is 3.68. The minimum absolute atomic E-state index is 0.0643. The fourth-order valence-corrected chi connectivity index (χ4v) is 4.33. The summed E-state index contributed by atoms with van der Waals surface area (Å²) >= 11 is 1.84. The molecule has 1 aliphatic rings. The molecular formula is C19H25NO3S. The Morgan fingerprint density at radius 3 is 2.54 bits per heavy atom. The van der Waals surface area contributed by atoms with Crippen LogP contribution in [-0.2, 0) is 6.54 Å². The lowest BCUT2D eigenvalue weighted by molar-refractivity contribution is 0.194. The summed E-state index contributed by atoms with van der Waals surface area (Å²) in [7, 11) is 3.14. The number of thiophene rings is 1. The van der Waals surface area contributed by atoms with Crippen molar-refractivity contribution in [3.8, 4) is 17.2 Å². The average Bonchev–Trinajstić information content (AvgIpc) is 3.03. The molecule has 0 radical (unpaired) electrons. The van der Waals surface area contributed by atoms with Crippen LogP contribution in [0.3, 0.4) is 0 Å². The number of rotatable bonds is 5.